The number of piperidine rings is 2. The van der Waals surface area contributed by atoms with Gasteiger partial charge in [0, 0.05) is 45.1 Å². The maximum absolute atomic E-state index is 13.0. The summed E-state index contributed by atoms with van der Waals surface area (Å²) >= 11 is 0. The molecule has 0 spiro atoms. The lowest BCUT2D eigenvalue weighted by atomic mass is 9.94. The summed E-state index contributed by atoms with van der Waals surface area (Å²) in [6.45, 7) is 5.48. The van der Waals surface area contributed by atoms with Gasteiger partial charge in [0.1, 0.15) is 6.04 Å². The van der Waals surface area contributed by atoms with E-state index in [9.17, 15) is 24.0 Å². The predicted molar refractivity (Wildman–Crippen MR) is 121 cm³/mol. The molecule has 1 atom stereocenters. The molecule has 2 N–H and O–H groups in total. The van der Waals surface area contributed by atoms with Crippen LogP contribution in [0.3, 0.4) is 0 Å². The van der Waals surface area contributed by atoms with Gasteiger partial charge in [0.2, 0.25) is 17.7 Å². The molecule has 4 aliphatic heterocycles. The zero-order valence-electron chi connectivity index (χ0n) is 19.0. The summed E-state index contributed by atoms with van der Waals surface area (Å²) in [6.07, 6.45) is 1.87. The van der Waals surface area contributed by atoms with Crippen LogP contribution in [-0.4, -0.2) is 89.5 Å². The third kappa shape index (κ3) is 4.23. The van der Waals surface area contributed by atoms with Crippen molar-refractivity contribution in [1.29, 1.82) is 0 Å². The van der Waals surface area contributed by atoms with Crippen LogP contribution in [0, 0.1) is 5.92 Å². The molecule has 180 valence electrons. The number of carbonyl (C=O) groups excluding carboxylic acids is 5. The average Bonchev–Trinajstić information content (AvgIpc) is 3.09. The number of piperazine rings is 1. The van der Waals surface area contributed by atoms with Crippen LogP contribution in [0.5, 0.6) is 0 Å². The second-order valence-electron chi connectivity index (χ2n) is 9.45. The van der Waals surface area contributed by atoms with E-state index in [-0.39, 0.29) is 24.7 Å². The summed E-state index contributed by atoms with van der Waals surface area (Å²) < 4.78 is 0. The van der Waals surface area contributed by atoms with Crippen LogP contribution in [0.15, 0.2) is 18.2 Å². The number of imide groups is 2. The molecule has 3 saturated heterocycles. The number of carbonyl (C=O) groups is 5. The van der Waals surface area contributed by atoms with Gasteiger partial charge in [-0.3, -0.25) is 39.1 Å². The standard InChI is InChI=1S/C24H29N5O5/c30-20-4-3-19(21(31)26-20)29-23(33)17-2-1-15(13-18(17)24(29)34)14-27-9-5-16(6-10-27)22(32)28-11-7-25-8-12-28/h1-2,13,16,19,25H,3-12,14H2,(H,26,30,31). The van der Waals surface area contributed by atoms with E-state index >= 15 is 0 Å². The molecular formula is C24H29N5O5. The fourth-order valence-electron chi connectivity index (χ4n) is 5.36. The zero-order chi connectivity index (χ0) is 23.8. The van der Waals surface area contributed by atoms with Crippen LogP contribution in [-0.2, 0) is 20.9 Å². The van der Waals surface area contributed by atoms with Crippen molar-refractivity contribution >= 4 is 29.5 Å². The Morgan fingerprint density at radius 3 is 2.32 bits per heavy atom. The SMILES string of the molecule is O=C1CCC(N2C(=O)c3ccc(CN4CCC(C(=O)N5CCNCC5)CC4)cc3C2=O)C(=O)N1. The monoisotopic (exact) mass is 467 g/mol. The van der Waals surface area contributed by atoms with Gasteiger partial charge in [-0.2, -0.15) is 0 Å². The van der Waals surface area contributed by atoms with Gasteiger partial charge >= 0.3 is 0 Å². The average molecular weight is 468 g/mol. The molecule has 10 heteroatoms. The third-order valence-corrected chi connectivity index (χ3v) is 7.28. The smallest absolute Gasteiger partial charge is 0.262 e. The number of rotatable bonds is 4. The highest BCUT2D eigenvalue weighted by molar-refractivity contribution is 6.23. The number of nitrogens with zero attached hydrogens (tertiary/aromatic N) is 3. The van der Waals surface area contributed by atoms with E-state index in [0.717, 1.165) is 62.6 Å². The molecule has 0 saturated carbocycles. The maximum Gasteiger partial charge on any atom is 0.262 e. The minimum atomic E-state index is -0.958. The molecule has 3 fully saturated rings. The topological polar surface area (TPSA) is 119 Å². The Labute approximate surface area is 197 Å². The molecule has 1 aromatic carbocycles. The number of nitrogens with one attached hydrogen (secondary N) is 2. The Morgan fingerprint density at radius 2 is 1.62 bits per heavy atom. The highest BCUT2D eigenvalue weighted by atomic mass is 16.2. The van der Waals surface area contributed by atoms with E-state index in [2.05, 4.69) is 15.5 Å². The third-order valence-electron chi connectivity index (χ3n) is 7.28. The molecular weight excluding hydrogens is 438 g/mol. The number of hydrogen-bond acceptors (Lipinski definition) is 7. The lowest BCUT2D eigenvalue weighted by Gasteiger charge is -2.35. The van der Waals surface area contributed by atoms with Gasteiger partial charge in [0.25, 0.3) is 11.8 Å². The Hall–Kier alpha value is -3.11. The second-order valence-corrected chi connectivity index (χ2v) is 9.45. The first-order chi connectivity index (χ1) is 16.4. The Bertz CT molecular complexity index is 1040. The summed E-state index contributed by atoms with van der Waals surface area (Å²) in [7, 11) is 0. The summed E-state index contributed by atoms with van der Waals surface area (Å²) in [5.41, 5.74) is 1.51. The normalized spacial score (nSPS) is 24.4. The Kier molecular flexibility index (Phi) is 6.18. The van der Waals surface area contributed by atoms with Crippen LogP contribution in [0.4, 0.5) is 0 Å². The molecule has 0 bridgehead atoms. The largest absolute Gasteiger partial charge is 0.340 e. The Balaban J connectivity index is 1.21. The molecule has 1 aromatic rings. The van der Waals surface area contributed by atoms with E-state index in [1.54, 1.807) is 12.1 Å². The van der Waals surface area contributed by atoms with Crippen LogP contribution in [0.1, 0.15) is 52.0 Å². The first kappa shape index (κ1) is 22.7. The van der Waals surface area contributed by atoms with Gasteiger partial charge in [-0.25, -0.2) is 0 Å². The number of amides is 5. The maximum atomic E-state index is 13.0. The number of likely N-dealkylation sites (tertiary alicyclic amines) is 1. The van der Waals surface area contributed by atoms with Gasteiger partial charge in [0.05, 0.1) is 11.1 Å². The fraction of sp³-hybridized carbons (Fsp3) is 0.542. The summed E-state index contributed by atoms with van der Waals surface area (Å²) in [5.74, 6) is -1.65. The molecule has 0 aliphatic carbocycles. The van der Waals surface area contributed by atoms with Crippen molar-refractivity contribution in [3.05, 3.63) is 34.9 Å². The summed E-state index contributed by atoms with van der Waals surface area (Å²) in [6, 6.07) is 4.27. The van der Waals surface area contributed by atoms with Crippen molar-refractivity contribution in [3.8, 4) is 0 Å². The second kappa shape index (κ2) is 9.27. The van der Waals surface area contributed by atoms with Gasteiger partial charge in [-0.15, -0.1) is 0 Å². The first-order valence-electron chi connectivity index (χ1n) is 12.0. The van der Waals surface area contributed by atoms with E-state index in [1.807, 2.05) is 11.0 Å². The minimum absolute atomic E-state index is 0.0654. The molecule has 0 radical (unpaired) electrons. The lowest BCUT2D eigenvalue weighted by Crippen LogP contribution is -2.54. The molecule has 5 rings (SSSR count). The predicted octanol–water partition coefficient (Wildman–Crippen LogP) is -0.268. The molecule has 10 nitrogen and oxygen atoms in total. The lowest BCUT2D eigenvalue weighted by molar-refractivity contribution is -0.138. The van der Waals surface area contributed by atoms with Crippen LogP contribution in [0.25, 0.3) is 0 Å². The van der Waals surface area contributed by atoms with Gasteiger partial charge in [0.15, 0.2) is 0 Å². The van der Waals surface area contributed by atoms with Crippen molar-refractivity contribution in [2.45, 2.75) is 38.3 Å². The van der Waals surface area contributed by atoms with Gasteiger partial charge < -0.3 is 10.2 Å². The Morgan fingerprint density at radius 1 is 0.912 bits per heavy atom. The molecule has 4 aliphatic rings. The van der Waals surface area contributed by atoms with E-state index in [0.29, 0.717) is 17.7 Å². The molecule has 0 aromatic heterocycles. The van der Waals surface area contributed by atoms with Crippen LogP contribution >= 0.6 is 0 Å². The first-order valence-corrected chi connectivity index (χ1v) is 12.0. The molecule has 4 heterocycles. The van der Waals surface area contributed by atoms with E-state index < -0.39 is 29.7 Å². The van der Waals surface area contributed by atoms with Gasteiger partial charge in [-0.1, -0.05) is 6.07 Å². The van der Waals surface area contributed by atoms with E-state index in [1.165, 1.54) is 0 Å². The molecule has 1 unspecified atom stereocenters. The van der Waals surface area contributed by atoms with Crippen LogP contribution in [0.2, 0.25) is 0 Å². The minimum Gasteiger partial charge on any atom is -0.340 e. The fourth-order valence-corrected chi connectivity index (χ4v) is 5.36. The van der Waals surface area contributed by atoms with Crippen LogP contribution < -0.4 is 10.6 Å². The van der Waals surface area contributed by atoms with Crippen molar-refractivity contribution in [2.24, 2.45) is 5.92 Å². The summed E-state index contributed by atoms with van der Waals surface area (Å²) in [4.78, 5) is 67.5. The van der Waals surface area contributed by atoms with Crippen molar-refractivity contribution in [2.75, 3.05) is 39.3 Å². The highest BCUT2D eigenvalue weighted by Crippen LogP contribution is 2.29. The number of hydrogen-bond donors (Lipinski definition) is 2. The van der Waals surface area contributed by atoms with Crippen molar-refractivity contribution in [3.63, 3.8) is 0 Å². The zero-order valence-corrected chi connectivity index (χ0v) is 19.0. The van der Waals surface area contributed by atoms with Crippen molar-refractivity contribution in [1.82, 2.24) is 25.3 Å². The van der Waals surface area contributed by atoms with Crippen molar-refractivity contribution < 1.29 is 24.0 Å². The highest BCUT2D eigenvalue weighted by Gasteiger charge is 2.44. The molecule has 34 heavy (non-hydrogen) atoms. The number of benzene rings is 1. The quantitative estimate of drug-likeness (QED) is 0.585. The summed E-state index contributed by atoms with van der Waals surface area (Å²) in [5, 5.41) is 5.48. The molecule has 5 amide bonds. The van der Waals surface area contributed by atoms with Gasteiger partial charge in [-0.05, 0) is 50.0 Å². The van der Waals surface area contributed by atoms with E-state index in [4.69, 9.17) is 0 Å². The number of fused-ring (bicyclic) bond motifs is 1.